The van der Waals surface area contributed by atoms with Crippen molar-refractivity contribution >= 4 is 50.7 Å². The molecule has 7 nitrogen and oxygen atoms in total. The Morgan fingerprint density at radius 2 is 1.74 bits per heavy atom. The van der Waals surface area contributed by atoms with Crippen molar-refractivity contribution in [3.05, 3.63) is 63.1 Å². The van der Waals surface area contributed by atoms with E-state index < -0.39 is 28.5 Å². The van der Waals surface area contributed by atoms with E-state index in [9.17, 15) is 18.0 Å². The van der Waals surface area contributed by atoms with Crippen LogP contribution in [0.3, 0.4) is 0 Å². The summed E-state index contributed by atoms with van der Waals surface area (Å²) in [7, 11) is -3.78. The third kappa shape index (κ3) is 8.12. The Hall–Kier alpha value is -2.29. The summed E-state index contributed by atoms with van der Waals surface area (Å²) in [6, 6.07) is 9.24. The summed E-state index contributed by atoms with van der Waals surface area (Å²) < 4.78 is 26.4. The molecule has 2 amide bonds. The zero-order valence-electron chi connectivity index (χ0n) is 20.8. The molecule has 10 heteroatoms. The zero-order chi connectivity index (χ0) is 26.3. The predicted octanol–water partition coefficient (Wildman–Crippen LogP) is 4.71. The van der Waals surface area contributed by atoms with Crippen LogP contribution in [0.2, 0.25) is 10.0 Å². The summed E-state index contributed by atoms with van der Waals surface area (Å²) in [4.78, 5) is 27.7. The molecule has 0 saturated carbocycles. The minimum atomic E-state index is -3.78. The predicted molar refractivity (Wildman–Crippen MR) is 142 cm³/mol. The average Bonchev–Trinajstić information content (AvgIpc) is 2.77. The molecule has 0 spiro atoms. The first kappa shape index (κ1) is 28.9. The molecule has 35 heavy (non-hydrogen) atoms. The minimum Gasteiger partial charge on any atom is -0.354 e. The number of hydrogen-bond acceptors (Lipinski definition) is 4. The standard InChI is InChI=1S/C25H33Cl2N3O4S/c1-6-7-12-28-25(32)19(4)29(15-20-9-10-21(26)14-23(20)27)24(31)16-30(35(5,33)34)22-11-8-17(2)18(3)13-22/h8-11,13-14,19H,6-7,12,15-16H2,1-5H3,(H,28,32)/t19-/m0/s1. The summed E-state index contributed by atoms with van der Waals surface area (Å²) >= 11 is 12.4. The van der Waals surface area contributed by atoms with Crippen LogP contribution in [0.4, 0.5) is 5.69 Å². The van der Waals surface area contributed by atoms with Crippen molar-refractivity contribution < 1.29 is 18.0 Å². The third-order valence-electron chi connectivity index (χ3n) is 5.81. The summed E-state index contributed by atoms with van der Waals surface area (Å²) in [5.74, 6) is -0.855. The lowest BCUT2D eigenvalue weighted by Gasteiger charge is -2.32. The number of unbranched alkanes of at least 4 members (excludes halogenated alkanes) is 1. The maximum atomic E-state index is 13.6. The van der Waals surface area contributed by atoms with Gasteiger partial charge in [0.15, 0.2) is 0 Å². The number of amides is 2. The zero-order valence-corrected chi connectivity index (χ0v) is 23.1. The van der Waals surface area contributed by atoms with Gasteiger partial charge in [0.2, 0.25) is 21.8 Å². The molecule has 0 unspecified atom stereocenters. The minimum absolute atomic E-state index is 0.0156. The first-order valence-corrected chi connectivity index (χ1v) is 14.0. The number of carbonyl (C=O) groups is 2. The molecule has 2 aromatic carbocycles. The summed E-state index contributed by atoms with van der Waals surface area (Å²) in [6.45, 7) is 7.47. The van der Waals surface area contributed by atoms with Crippen molar-refractivity contribution in [1.82, 2.24) is 10.2 Å². The Morgan fingerprint density at radius 3 is 2.31 bits per heavy atom. The highest BCUT2D eigenvalue weighted by Crippen LogP contribution is 2.25. The number of anilines is 1. The SMILES string of the molecule is CCCCNC(=O)[C@H](C)N(Cc1ccc(Cl)cc1Cl)C(=O)CN(c1ccc(C)c(C)c1)S(C)(=O)=O. The molecule has 2 aromatic rings. The maximum Gasteiger partial charge on any atom is 0.244 e. The first-order chi connectivity index (χ1) is 16.3. The van der Waals surface area contributed by atoms with Gasteiger partial charge in [-0.1, -0.05) is 48.7 Å². The smallest absolute Gasteiger partial charge is 0.244 e. The molecular formula is C25H33Cl2N3O4S. The Bertz CT molecular complexity index is 1170. The number of carbonyl (C=O) groups excluding carboxylic acids is 2. The summed E-state index contributed by atoms with van der Waals surface area (Å²) in [5, 5.41) is 3.63. The number of sulfonamides is 1. The van der Waals surface area contributed by atoms with E-state index in [4.69, 9.17) is 23.2 Å². The van der Waals surface area contributed by atoms with Crippen LogP contribution in [0.25, 0.3) is 0 Å². The lowest BCUT2D eigenvalue weighted by molar-refractivity contribution is -0.139. The number of nitrogens with zero attached hydrogens (tertiary/aromatic N) is 2. The second-order valence-electron chi connectivity index (χ2n) is 8.62. The van der Waals surface area contributed by atoms with Gasteiger partial charge in [0.25, 0.3) is 0 Å². The summed E-state index contributed by atoms with van der Waals surface area (Å²) in [5.41, 5.74) is 2.88. The van der Waals surface area contributed by atoms with Crippen LogP contribution in [-0.4, -0.2) is 50.5 Å². The van der Waals surface area contributed by atoms with Gasteiger partial charge in [0, 0.05) is 23.1 Å². The molecule has 0 bridgehead atoms. The Labute approximate surface area is 218 Å². The van der Waals surface area contributed by atoms with Crippen molar-refractivity contribution in [1.29, 1.82) is 0 Å². The van der Waals surface area contributed by atoms with E-state index in [2.05, 4.69) is 5.32 Å². The van der Waals surface area contributed by atoms with Gasteiger partial charge in [-0.25, -0.2) is 8.42 Å². The van der Waals surface area contributed by atoms with E-state index in [-0.39, 0.29) is 12.5 Å². The molecule has 0 saturated heterocycles. The highest BCUT2D eigenvalue weighted by atomic mass is 35.5. The molecule has 1 atom stereocenters. The number of halogens is 2. The fourth-order valence-electron chi connectivity index (χ4n) is 3.45. The molecule has 0 heterocycles. The van der Waals surface area contributed by atoms with Crippen LogP contribution in [0.1, 0.15) is 43.4 Å². The van der Waals surface area contributed by atoms with Gasteiger partial charge >= 0.3 is 0 Å². The van der Waals surface area contributed by atoms with Gasteiger partial charge in [0.1, 0.15) is 12.6 Å². The molecule has 0 aromatic heterocycles. The number of benzene rings is 2. The molecule has 2 rings (SSSR count). The van der Waals surface area contributed by atoms with Crippen molar-refractivity contribution in [2.24, 2.45) is 0 Å². The van der Waals surface area contributed by atoms with Crippen molar-refractivity contribution in [3.63, 3.8) is 0 Å². The van der Waals surface area contributed by atoms with Gasteiger partial charge < -0.3 is 10.2 Å². The molecule has 1 N–H and O–H groups in total. The largest absolute Gasteiger partial charge is 0.354 e. The molecule has 0 radical (unpaired) electrons. The van der Waals surface area contributed by atoms with E-state index in [1.165, 1.54) is 4.90 Å². The quantitative estimate of drug-likeness (QED) is 0.417. The molecular weight excluding hydrogens is 509 g/mol. The Kier molecular flexibility index (Phi) is 10.4. The molecule has 0 fully saturated rings. The number of hydrogen-bond donors (Lipinski definition) is 1. The van der Waals surface area contributed by atoms with Crippen LogP contribution >= 0.6 is 23.2 Å². The highest BCUT2D eigenvalue weighted by molar-refractivity contribution is 7.92. The van der Waals surface area contributed by atoms with Crippen molar-refractivity contribution in [2.75, 3.05) is 23.7 Å². The highest BCUT2D eigenvalue weighted by Gasteiger charge is 2.30. The van der Waals surface area contributed by atoms with Crippen molar-refractivity contribution in [3.8, 4) is 0 Å². The van der Waals surface area contributed by atoms with E-state index >= 15 is 0 Å². The van der Waals surface area contributed by atoms with Gasteiger partial charge in [-0.3, -0.25) is 13.9 Å². The van der Waals surface area contributed by atoms with Crippen LogP contribution < -0.4 is 9.62 Å². The van der Waals surface area contributed by atoms with E-state index in [0.717, 1.165) is 34.5 Å². The van der Waals surface area contributed by atoms with Gasteiger partial charge in [-0.05, 0) is 68.1 Å². The average molecular weight is 543 g/mol. The number of nitrogens with one attached hydrogen (secondary N) is 1. The Morgan fingerprint density at radius 1 is 1.06 bits per heavy atom. The van der Waals surface area contributed by atoms with Crippen LogP contribution in [-0.2, 0) is 26.2 Å². The molecule has 0 aliphatic rings. The second kappa shape index (κ2) is 12.6. The third-order valence-corrected chi connectivity index (χ3v) is 7.54. The van der Waals surface area contributed by atoms with Crippen LogP contribution in [0.15, 0.2) is 36.4 Å². The fraction of sp³-hybridized carbons (Fsp3) is 0.440. The van der Waals surface area contributed by atoms with Crippen LogP contribution in [0.5, 0.6) is 0 Å². The topological polar surface area (TPSA) is 86.8 Å². The first-order valence-electron chi connectivity index (χ1n) is 11.4. The molecule has 0 aliphatic heterocycles. The summed E-state index contributed by atoms with van der Waals surface area (Å²) in [6.07, 6.45) is 2.78. The lowest BCUT2D eigenvalue weighted by atomic mass is 10.1. The number of rotatable bonds is 11. The maximum absolute atomic E-state index is 13.6. The lowest BCUT2D eigenvalue weighted by Crippen LogP contribution is -2.51. The van der Waals surface area contributed by atoms with Gasteiger partial charge in [-0.15, -0.1) is 0 Å². The second-order valence-corrected chi connectivity index (χ2v) is 11.4. The van der Waals surface area contributed by atoms with Gasteiger partial charge in [-0.2, -0.15) is 0 Å². The van der Waals surface area contributed by atoms with Crippen LogP contribution in [0, 0.1) is 13.8 Å². The van der Waals surface area contributed by atoms with E-state index in [1.807, 2.05) is 26.8 Å². The Balaban J connectivity index is 2.40. The molecule has 192 valence electrons. The van der Waals surface area contributed by atoms with Gasteiger partial charge in [0.05, 0.1) is 11.9 Å². The normalized spacial score (nSPS) is 12.2. The van der Waals surface area contributed by atoms with E-state index in [0.29, 0.717) is 27.8 Å². The monoisotopic (exact) mass is 541 g/mol. The van der Waals surface area contributed by atoms with E-state index in [1.54, 1.807) is 37.3 Å². The van der Waals surface area contributed by atoms with Crippen molar-refractivity contribution in [2.45, 2.75) is 53.1 Å². The fourth-order valence-corrected chi connectivity index (χ4v) is 4.76. The molecule has 0 aliphatic carbocycles. The number of aryl methyl sites for hydroxylation is 2.